The Hall–Kier alpha value is -6.86. The summed E-state index contributed by atoms with van der Waals surface area (Å²) in [5, 5.41) is 32.2. The molecule has 0 heterocycles. The minimum atomic E-state index is -4.48. The molecule has 0 atom stereocenters. The second-order valence-corrected chi connectivity index (χ2v) is 14.5. The molecular weight excluding hydrogens is 745 g/mol. The van der Waals surface area contributed by atoms with Gasteiger partial charge in [-0.05, 0) is 106 Å². The van der Waals surface area contributed by atoms with Gasteiger partial charge in [-0.25, -0.2) is 0 Å². The predicted octanol–water partition coefficient (Wildman–Crippen LogP) is 4.98. The first-order valence-corrected chi connectivity index (χ1v) is 18.3. The molecule has 18 heteroatoms. The zero-order valence-electron chi connectivity index (χ0n) is 27.3. The van der Waals surface area contributed by atoms with Crippen molar-refractivity contribution in [2.75, 3.05) is 21.3 Å². The van der Waals surface area contributed by atoms with Gasteiger partial charge in [0.1, 0.15) is 11.5 Å². The number of aromatic hydroxyl groups is 2. The van der Waals surface area contributed by atoms with Crippen LogP contribution in [0.15, 0.2) is 119 Å². The van der Waals surface area contributed by atoms with Gasteiger partial charge in [-0.1, -0.05) is 24.3 Å². The summed E-state index contributed by atoms with van der Waals surface area (Å²) in [6.45, 7) is 0. The van der Waals surface area contributed by atoms with E-state index in [0.717, 1.165) is 24.3 Å². The number of benzene rings is 6. The van der Waals surface area contributed by atoms with Crippen molar-refractivity contribution in [2.24, 2.45) is 0 Å². The molecule has 0 unspecified atom stereocenters. The highest BCUT2D eigenvalue weighted by Crippen LogP contribution is 2.33. The van der Waals surface area contributed by atoms with Gasteiger partial charge < -0.3 is 31.5 Å². The van der Waals surface area contributed by atoms with Crippen LogP contribution < -0.4 is 21.3 Å². The number of phenols is 2. The Morgan fingerprint density at radius 2 is 0.833 bits per heavy atom. The Morgan fingerprint density at radius 3 is 1.20 bits per heavy atom. The highest BCUT2D eigenvalue weighted by Gasteiger charge is 2.19. The van der Waals surface area contributed by atoms with E-state index in [2.05, 4.69) is 21.3 Å². The Labute approximate surface area is 305 Å². The van der Waals surface area contributed by atoms with Crippen molar-refractivity contribution in [1.82, 2.24) is 0 Å². The van der Waals surface area contributed by atoms with Crippen LogP contribution in [0.5, 0.6) is 11.5 Å². The number of hydrogen-bond donors (Lipinski definition) is 8. The molecule has 0 radical (unpaired) electrons. The second kappa shape index (κ2) is 14.3. The van der Waals surface area contributed by atoms with Crippen molar-refractivity contribution < 1.29 is 55.3 Å². The van der Waals surface area contributed by atoms with Crippen molar-refractivity contribution in [3.8, 4) is 11.5 Å². The number of rotatable bonds is 8. The molecule has 6 aromatic rings. The molecule has 274 valence electrons. The maximum absolute atomic E-state index is 13.0. The lowest BCUT2D eigenvalue weighted by atomic mass is 10.1. The SMILES string of the molecule is O=C(Nc1cccc(C(=O)Nc2cc3ccc(S(=O)(=O)O)cc3cc2O)c1)C(=O)Nc1cccc(C(=O)Nc2cc3ccc(S(=O)(=O)O)cc3cc2O)c1. The third-order valence-corrected chi connectivity index (χ3v) is 9.62. The van der Waals surface area contributed by atoms with Gasteiger partial charge in [0.05, 0.1) is 21.2 Å². The normalized spacial score (nSPS) is 11.5. The quantitative estimate of drug-likeness (QED) is 0.0579. The first kappa shape index (κ1) is 36.9. The molecule has 0 saturated heterocycles. The van der Waals surface area contributed by atoms with E-state index in [9.17, 15) is 55.3 Å². The van der Waals surface area contributed by atoms with Crippen LogP contribution in [0.2, 0.25) is 0 Å². The van der Waals surface area contributed by atoms with Crippen molar-refractivity contribution in [3.63, 3.8) is 0 Å². The maximum atomic E-state index is 13.0. The lowest BCUT2D eigenvalue weighted by Crippen LogP contribution is -2.29. The van der Waals surface area contributed by atoms with Gasteiger partial charge in [0, 0.05) is 22.5 Å². The third kappa shape index (κ3) is 8.27. The fourth-order valence-electron chi connectivity index (χ4n) is 5.29. The molecule has 0 spiro atoms. The third-order valence-electron chi connectivity index (χ3n) is 7.92. The van der Waals surface area contributed by atoms with Gasteiger partial charge >= 0.3 is 11.8 Å². The number of hydrogen-bond acceptors (Lipinski definition) is 10. The van der Waals surface area contributed by atoms with Crippen LogP contribution in [0, 0.1) is 0 Å². The summed E-state index contributed by atoms with van der Waals surface area (Å²) in [7, 11) is -8.95. The highest BCUT2D eigenvalue weighted by atomic mass is 32.2. The summed E-state index contributed by atoms with van der Waals surface area (Å²) in [6, 6.07) is 23.7. The summed E-state index contributed by atoms with van der Waals surface area (Å²) >= 11 is 0. The first-order valence-electron chi connectivity index (χ1n) is 15.4. The van der Waals surface area contributed by atoms with Gasteiger partial charge in [0.2, 0.25) is 0 Å². The van der Waals surface area contributed by atoms with E-state index in [1.165, 1.54) is 84.9 Å². The number of fused-ring (bicyclic) bond motifs is 2. The monoisotopic (exact) mass is 770 g/mol. The van der Waals surface area contributed by atoms with Crippen LogP contribution in [-0.4, -0.2) is 59.8 Å². The van der Waals surface area contributed by atoms with Crippen LogP contribution in [0.3, 0.4) is 0 Å². The Bertz CT molecular complexity index is 2600. The largest absolute Gasteiger partial charge is 0.506 e. The average Bonchev–Trinajstić information content (AvgIpc) is 3.11. The topological polar surface area (TPSA) is 266 Å². The van der Waals surface area contributed by atoms with Gasteiger partial charge in [-0.2, -0.15) is 16.8 Å². The molecule has 0 fully saturated rings. The molecule has 0 aliphatic heterocycles. The van der Waals surface area contributed by atoms with Gasteiger partial charge in [-0.15, -0.1) is 0 Å². The molecule has 6 rings (SSSR count). The minimum Gasteiger partial charge on any atom is -0.506 e. The number of nitrogens with one attached hydrogen (secondary N) is 4. The Morgan fingerprint density at radius 1 is 0.444 bits per heavy atom. The molecule has 0 aliphatic rings. The van der Waals surface area contributed by atoms with E-state index in [-0.39, 0.29) is 54.4 Å². The standard InChI is InChI=1S/C36H26N4O12S2/c41-31-17-23-13-27(53(47,48)49)9-7-19(23)15-29(31)39-33(43)21-3-1-5-25(11-21)37-35(45)36(46)38-26-6-2-4-22(12-26)34(44)40-30-16-20-8-10-28(54(50,51)52)14-24(20)18-32(30)42/h1-18,41-42H,(H,37,45)(H,38,46)(H,39,43)(H,40,44)(H,47,48,49)(H,50,51,52). The van der Waals surface area contributed by atoms with E-state index in [1.54, 1.807) is 0 Å². The smallest absolute Gasteiger partial charge is 0.314 e. The molecule has 16 nitrogen and oxygen atoms in total. The maximum Gasteiger partial charge on any atom is 0.314 e. The van der Waals surface area contributed by atoms with Gasteiger partial charge in [0.15, 0.2) is 0 Å². The number of carbonyl (C=O) groups excluding carboxylic acids is 4. The van der Waals surface area contributed by atoms with Crippen LogP contribution in [0.25, 0.3) is 21.5 Å². The molecule has 0 aliphatic carbocycles. The Balaban J connectivity index is 1.09. The van der Waals surface area contributed by atoms with Crippen molar-refractivity contribution in [3.05, 3.63) is 120 Å². The van der Waals surface area contributed by atoms with Crippen LogP contribution in [-0.2, 0) is 29.8 Å². The van der Waals surface area contributed by atoms with Crippen molar-refractivity contribution in [2.45, 2.75) is 9.79 Å². The van der Waals surface area contributed by atoms with Crippen molar-refractivity contribution in [1.29, 1.82) is 0 Å². The summed E-state index contributed by atoms with van der Waals surface area (Å²) < 4.78 is 64.3. The van der Waals surface area contributed by atoms with E-state index in [0.29, 0.717) is 10.8 Å². The fraction of sp³-hybridized carbons (Fsp3) is 0. The summed E-state index contributed by atoms with van der Waals surface area (Å²) in [5.74, 6) is -4.40. The van der Waals surface area contributed by atoms with Crippen LogP contribution in [0.1, 0.15) is 20.7 Å². The van der Waals surface area contributed by atoms with E-state index in [1.807, 2.05) is 0 Å². The molecular formula is C36H26N4O12S2. The molecule has 4 amide bonds. The molecule has 0 saturated carbocycles. The summed E-state index contributed by atoms with van der Waals surface area (Å²) in [6.07, 6.45) is 0. The van der Waals surface area contributed by atoms with E-state index < -0.39 is 55.4 Å². The van der Waals surface area contributed by atoms with Gasteiger partial charge in [-0.3, -0.25) is 28.3 Å². The second-order valence-electron chi connectivity index (χ2n) is 11.7. The highest BCUT2D eigenvalue weighted by molar-refractivity contribution is 7.86. The zero-order chi connectivity index (χ0) is 38.9. The van der Waals surface area contributed by atoms with E-state index in [4.69, 9.17) is 0 Å². The van der Waals surface area contributed by atoms with Crippen LogP contribution in [0.4, 0.5) is 22.7 Å². The lowest BCUT2D eigenvalue weighted by Gasteiger charge is -2.12. The Kier molecular flexibility index (Phi) is 9.76. The molecule has 6 aromatic carbocycles. The van der Waals surface area contributed by atoms with Crippen LogP contribution >= 0.6 is 0 Å². The fourth-order valence-corrected chi connectivity index (χ4v) is 6.32. The summed E-state index contributed by atoms with van der Waals surface area (Å²) in [5.41, 5.74) is 0.189. The molecule has 0 aromatic heterocycles. The van der Waals surface area contributed by atoms with Crippen molar-refractivity contribution >= 4 is 88.2 Å². The molecule has 54 heavy (non-hydrogen) atoms. The van der Waals surface area contributed by atoms with E-state index >= 15 is 0 Å². The zero-order valence-corrected chi connectivity index (χ0v) is 28.9. The predicted molar refractivity (Wildman–Crippen MR) is 197 cm³/mol. The number of anilines is 4. The first-order chi connectivity index (χ1) is 25.4. The molecule has 8 N–H and O–H groups in total. The minimum absolute atomic E-state index is 0.0113. The lowest BCUT2D eigenvalue weighted by molar-refractivity contribution is -0.132. The van der Waals surface area contributed by atoms with Gasteiger partial charge in [0.25, 0.3) is 32.1 Å². The molecule has 0 bridgehead atoms. The average molecular weight is 771 g/mol. The number of carbonyl (C=O) groups is 4. The number of amides is 4. The number of phenolic OH excluding ortho intramolecular Hbond substituents is 2. The summed E-state index contributed by atoms with van der Waals surface area (Å²) in [4.78, 5) is 50.8.